The number of amides is 1. The van der Waals surface area contributed by atoms with Crippen LogP contribution in [0.4, 0.5) is 0 Å². The van der Waals surface area contributed by atoms with E-state index in [4.69, 9.17) is 9.84 Å². The minimum Gasteiger partial charge on any atom is -0.480 e. The lowest BCUT2D eigenvalue weighted by Crippen LogP contribution is -2.48. The first kappa shape index (κ1) is 16.1. The molecular formula is C16H18N4O4. The highest BCUT2D eigenvalue weighted by Crippen LogP contribution is 2.25. The Bertz CT molecular complexity index is 731. The molecule has 0 spiro atoms. The lowest BCUT2D eigenvalue weighted by molar-refractivity contribution is -0.137. The number of aromatic nitrogens is 3. The number of morpholine rings is 1. The Kier molecular flexibility index (Phi) is 4.57. The second kappa shape index (κ2) is 6.79. The molecular weight excluding hydrogens is 312 g/mol. The van der Waals surface area contributed by atoms with Gasteiger partial charge < -0.3 is 14.7 Å². The fraction of sp³-hybridized carbons (Fsp3) is 0.375. The van der Waals surface area contributed by atoms with Crippen molar-refractivity contribution in [3.8, 4) is 0 Å². The summed E-state index contributed by atoms with van der Waals surface area (Å²) in [5.41, 5.74) is 1.15. The fourth-order valence-electron chi connectivity index (χ4n) is 2.67. The number of carbonyl (C=O) groups excluding carboxylic acids is 1. The van der Waals surface area contributed by atoms with Gasteiger partial charge in [0.15, 0.2) is 5.69 Å². The zero-order valence-corrected chi connectivity index (χ0v) is 13.2. The van der Waals surface area contributed by atoms with E-state index in [1.54, 1.807) is 4.90 Å². The summed E-state index contributed by atoms with van der Waals surface area (Å²) in [4.78, 5) is 25.1. The zero-order valence-electron chi connectivity index (χ0n) is 13.2. The van der Waals surface area contributed by atoms with Crippen molar-refractivity contribution < 1.29 is 19.4 Å². The third-order valence-electron chi connectivity index (χ3n) is 3.92. The van der Waals surface area contributed by atoms with Crippen LogP contribution in [0, 0.1) is 0 Å². The van der Waals surface area contributed by atoms with Crippen molar-refractivity contribution in [3.05, 3.63) is 47.8 Å². The largest absolute Gasteiger partial charge is 0.480 e. The first-order valence-electron chi connectivity index (χ1n) is 7.64. The summed E-state index contributed by atoms with van der Waals surface area (Å²) in [6, 6.07) is 9.63. The number of rotatable bonds is 4. The molecule has 2 aromatic rings. The van der Waals surface area contributed by atoms with Crippen molar-refractivity contribution in [1.82, 2.24) is 19.9 Å². The minimum absolute atomic E-state index is 0.0953. The Hall–Kier alpha value is -2.74. The van der Waals surface area contributed by atoms with Crippen LogP contribution >= 0.6 is 0 Å². The summed E-state index contributed by atoms with van der Waals surface area (Å²) in [7, 11) is 0. The van der Waals surface area contributed by atoms with Crippen LogP contribution in [0.25, 0.3) is 0 Å². The molecule has 2 atom stereocenters. The monoisotopic (exact) mass is 330 g/mol. The lowest BCUT2D eigenvalue weighted by atomic mass is 10.1. The molecule has 1 aliphatic heterocycles. The molecule has 2 heterocycles. The molecule has 1 aromatic carbocycles. The van der Waals surface area contributed by atoms with Crippen LogP contribution in [0.15, 0.2) is 36.5 Å². The molecule has 0 unspecified atom stereocenters. The van der Waals surface area contributed by atoms with Crippen LogP contribution in [0.3, 0.4) is 0 Å². The van der Waals surface area contributed by atoms with Crippen LogP contribution in [0.5, 0.6) is 0 Å². The second-order valence-corrected chi connectivity index (χ2v) is 5.73. The van der Waals surface area contributed by atoms with Gasteiger partial charge in [-0.05, 0) is 12.5 Å². The van der Waals surface area contributed by atoms with Crippen molar-refractivity contribution in [3.63, 3.8) is 0 Å². The summed E-state index contributed by atoms with van der Waals surface area (Å²) in [6.07, 6.45) is 1.16. The van der Waals surface area contributed by atoms with Gasteiger partial charge >= 0.3 is 5.97 Å². The van der Waals surface area contributed by atoms with E-state index in [0.717, 1.165) is 10.2 Å². The maximum atomic E-state index is 12.7. The van der Waals surface area contributed by atoms with Gasteiger partial charge in [-0.15, -0.1) is 5.10 Å². The molecule has 1 fully saturated rings. The topological polar surface area (TPSA) is 97.5 Å². The minimum atomic E-state index is -1.04. The van der Waals surface area contributed by atoms with E-state index in [1.807, 2.05) is 37.3 Å². The number of carboxylic acid groups (broad SMARTS) is 1. The van der Waals surface area contributed by atoms with Gasteiger partial charge in [0, 0.05) is 0 Å². The summed E-state index contributed by atoms with van der Waals surface area (Å²) in [6.45, 7) is 2.41. The normalized spacial score (nSPS) is 20.8. The van der Waals surface area contributed by atoms with Gasteiger partial charge in [-0.2, -0.15) is 0 Å². The van der Waals surface area contributed by atoms with Gasteiger partial charge in [0.25, 0.3) is 5.91 Å². The maximum absolute atomic E-state index is 12.7. The van der Waals surface area contributed by atoms with Crippen molar-refractivity contribution in [2.75, 3.05) is 13.2 Å². The molecule has 0 radical (unpaired) electrons. The van der Waals surface area contributed by atoms with E-state index in [9.17, 15) is 9.59 Å². The average molecular weight is 330 g/mol. The molecule has 1 aromatic heterocycles. The van der Waals surface area contributed by atoms with Crippen molar-refractivity contribution in [2.45, 2.75) is 25.6 Å². The smallest absolute Gasteiger partial charge is 0.325 e. The molecule has 1 aliphatic rings. The molecule has 24 heavy (non-hydrogen) atoms. The zero-order chi connectivity index (χ0) is 17.1. The second-order valence-electron chi connectivity index (χ2n) is 5.73. The lowest BCUT2D eigenvalue weighted by Gasteiger charge is -2.37. The number of ether oxygens (including phenoxy) is 1. The third kappa shape index (κ3) is 3.43. The van der Waals surface area contributed by atoms with Crippen LogP contribution in [-0.4, -0.2) is 56.1 Å². The Morgan fingerprint density at radius 2 is 2.08 bits per heavy atom. The van der Waals surface area contributed by atoms with Crippen molar-refractivity contribution >= 4 is 11.9 Å². The highest BCUT2D eigenvalue weighted by Gasteiger charge is 2.32. The number of aliphatic carboxylic acids is 1. The first-order chi connectivity index (χ1) is 11.5. The van der Waals surface area contributed by atoms with Crippen LogP contribution < -0.4 is 0 Å². The average Bonchev–Trinajstić information content (AvgIpc) is 3.03. The number of nitrogens with zero attached hydrogens (tertiary/aromatic N) is 4. The van der Waals surface area contributed by atoms with Crippen LogP contribution in [0.1, 0.15) is 29.1 Å². The molecule has 1 amide bonds. The van der Waals surface area contributed by atoms with E-state index >= 15 is 0 Å². The standard InChI is InChI=1S/C16H18N4O4/c1-11-10-24-14(12-5-3-2-4-6-12)8-20(11)16(23)13-7-19(18-17-13)9-15(21)22/h2-7,11,14H,8-10H2,1H3,(H,21,22)/t11-,14-/m1/s1. The van der Waals surface area contributed by atoms with Gasteiger partial charge in [0.2, 0.25) is 0 Å². The number of hydrogen-bond acceptors (Lipinski definition) is 5. The predicted molar refractivity (Wildman–Crippen MR) is 83.3 cm³/mol. The van der Waals surface area contributed by atoms with Gasteiger partial charge in [-0.3, -0.25) is 9.59 Å². The Morgan fingerprint density at radius 1 is 1.33 bits per heavy atom. The van der Waals surface area contributed by atoms with Crippen molar-refractivity contribution in [1.29, 1.82) is 0 Å². The molecule has 126 valence electrons. The Morgan fingerprint density at radius 3 is 2.79 bits per heavy atom. The van der Waals surface area contributed by atoms with Gasteiger partial charge in [-0.1, -0.05) is 35.5 Å². The highest BCUT2D eigenvalue weighted by molar-refractivity contribution is 5.92. The highest BCUT2D eigenvalue weighted by atomic mass is 16.5. The van der Waals surface area contributed by atoms with Crippen LogP contribution in [-0.2, 0) is 16.1 Å². The summed E-state index contributed by atoms with van der Waals surface area (Å²) in [5, 5.41) is 16.2. The fourth-order valence-corrected chi connectivity index (χ4v) is 2.67. The maximum Gasteiger partial charge on any atom is 0.325 e. The number of benzene rings is 1. The molecule has 1 N–H and O–H groups in total. The molecule has 1 saturated heterocycles. The van der Waals surface area contributed by atoms with E-state index in [2.05, 4.69) is 10.3 Å². The summed E-state index contributed by atoms with van der Waals surface area (Å²) >= 11 is 0. The summed E-state index contributed by atoms with van der Waals surface area (Å²) in [5.74, 6) is -1.31. The van der Waals surface area contributed by atoms with Crippen molar-refractivity contribution in [2.24, 2.45) is 0 Å². The van der Waals surface area contributed by atoms with Gasteiger partial charge in [-0.25, -0.2) is 4.68 Å². The number of carboxylic acids is 1. The number of hydrogen-bond donors (Lipinski definition) is 1. The van der Waals surface area contributed by atoms with Gasteiger partial charge in [0.05, 0.1) is 25.4 Å². The van der Waals surface area contributed by atoms with E-state index < -0.39 is 5.97 Å². The van der Waals surface area contributed by atoms with Gasteiger partial charge in [0.1, 0.15) is 12.6 Å². The van der Waals surface area contributed by atoms with E-state index in [-0.39, 0.29) is 30.3 Å². The first-order valence-corrected chi connectivity index (χ1v) is 7.64. The Labute approximate surface area is 138 Å². The molecule has 0 saturated carbocycles. The van der Waals surface area contributed by atoms with Crippen LogP contribution in [0.2, 0.25) is 0 Å². The Balaban J connectivity index is 1.75. The predicted octanol–water partition coefficient (Wildman–Crippen LogP) is 0.965. The van der Waals surface area contributed by atoms with E-state index in [1.165, 1.54) is 6.20 Å². The summed E-state index contributed by atoms with van der Waals surface area (Å²) < 4.78 is 6.97. The molecule has 0 bridgehead atoms. The molecule has 0 aliphatic carbocycles. The molecule has 8 nitrogen and oxygen atoms in total. The quantitative estimate of drug-likeness (QED) is 0.897. The third-order valence-corrected chi connectivity index (χ3v) is 3.92. The van der Waals surface area contributed by atoms with E-state index in [0.29, 0.717) is 13.2 Å². The SMILES string of the molecule is C[C@@H]1CO[C@@H](c2ccccc2)CN1C(=O)c1cn(CC(=O)O)nn1. The number of carbonyl (C=O) groups is 2. The molecule has 3 rings (SSSR count). The molecule has 8 heteroatoms.